The van der Waals surface area contributed by atoms with Crippen molar-refractivity contribution in [2.45, 2.75) is 12.3 Å². The summed E-state index contributed by atoms with van der Waals surface area (Å²) in [5, 5.41) is 26.7. The Labute approximate surface area is 95.7 Å². The van der Waals surface area contributed by atoms with Gasteiger partial charge >= 0.3 is 5.69 Å². The lowest BCUT2D eigenvalue weighted by Crippen LogP contribution is -2.37. The minimum atomic E-state index is -1.08. The molecule has 0 aromatic carbocycles. The van der Waals surface area contributed by atoms with Crippen molar-refractivity contribution in [2.75, 3.05) is 19.8 Å². The van der Waals surface area contributed by atoms with Crippen LogP contribution in [0, 0.1) is 0 Å². The van der Waals surface area contributed by atoms with Crippen molar-refractivity contribution < 1.29 is 20.1 Å². The van der Waals surface area contributed by atoms with Crippen LogP contribution in [0.1, 0.15) is 6.23 Å². The third-order valence-corrected chi connectivity index (χ3v) is 2.07. The summed E-state index contributed by atoms with van der Waals surface area (Å²) >= 11 is 0. The van der Waals surface area contributed by atoms with Crippen LogP contribution in [-0.2, 0) is 4.74 Å². The van der Waals surface area contributed by atoms with Crippen molar-refractivity contribution >= 4 is 0 Å². The third-order valence-electron chi connectivity index (χ3n) is 2.07. The summed E-state index contributed by atoms with van der Waals surface area (Å²) in [5.74, 6) is 0. The molecule has 4 N–H and O–H groups in total. The SMILES string of the molecule is O=c1ccn(C(CO)OC(CO)CO)c(=O)[nH]1. The molecule has 17 heavy (non-hydrogen) atoms. The van der Waals surface area contributed by atoms with Gasteiger partial charge in [-0.25, -0.2) is 4.79 Å². The molecule has 1 aromatic rings. The zero-order valence-electron chi connectivity index (χ0n) is 8.94. The quantitative estimate of drug-likeness (QED) is 0.436. The summed E-state index contributed by atoms with van der Waals surface area (Å²) < 4.78 is 6.05. The number of nitrogens with zero attached hydrogens (tertiary/aromatic N) is 1. The number of rotatable bonds is 6. The van der Waals surface area contributed by atoms with Crippen molar-refractivity contribution in [1.82, 2.24) is 9.55 Å². The molecule has 0 amide bonds. The number of hydrogen-bond acceptors (Lipinski definition) is 6. The number of aliphatic hydroxyl groups excluding tert-OH is 3. The molecule has 1 heterocycles. The highest BCUT2D eigenvalue weighted by Gasteiger charge is 2.17. The maximum Gasteiger partial charge on any atom is 0.330 e. The van der Waals surface area contributed by atoms with Gasteiger partial charge in [0.15, 0.2) is 6.23 Å². The number of ether oxygens (including phenoxy) is 1. The van der Waals surface area contributed by atoms with Crippen LogP contribution in [0.5, 0.6) is 0 Å². The normalized spacial score (nSPS) is 12.9. The van der Waals surface area contributed by atoms with Gasteiger partial charge in [0, 0.05) is 12.3 Å². The number of H-pyrrole nitrogens is 1. The lowest BCUT2D eigenvalue weighted by Gasteiger charge is -2.22. The fraction of sp³-hybridized carbons (Fsp3) is 0.556. The van der Waals surface area contributed by atoms with E-state index in [9.17, 15) is 9.59 Å². The molecule has 0 saturated heterocycles. The lowest BCUT2D eigenvalue weighted by molar-refractivity contribution is -0.113. The van der Waals surface area contributed by atoms with Gasteiger partial charge < -0.3 is 20.1 Å². The number of hydrogen-bond donors (Lipinski definition) is 4. The minimum absolute atomic E-state index is 0.453. The van der Waals surface area contributed by atoms with Crippen LogP contribution < -0.4 is 11.2 Å². The first kappa shape index (κ1) is 13.6. The zero-order chi connectivity index (χ0) is 12.8. The fourth-order valence-corrected chi connectivity index (χ4v) is 1.22. The van der Waals surface area contributed by atoms with Crippen LogP contribution in [0.25, 0.3) is 0 Å². The Morgan fingerprint density at radius 2 is 1.88 bits per heavy atom. The summed E-state index contributed by atoms with van der Waals surface area (Å²) in [5.41, 5.74) is -1.31. The van der Waals surface area contributed by atoms with E-state index in [0.717, 1.165) is 16.8 Å². The molecule has 0 aliphatic carbocycles. The van der Waals surface area contributed by atoms with E-state index in [-0.39, 0.29) is 0 Å². The molecule has 0 bridgehead atoms. The molecule has 0 saturated carbocycles. The van der Waals surface area contributed by atoms with E-state index >= 15 is 0 Å². The predicted molar refractivity (Wildman–Crippen MR) is 56.5 cm³/mol. The molecule has 0 spiro atoms. The monoisotopic (exact) mass is 246 g/mol. The van der Waals surface area contributed by atoms with Gasteiger partial charge in [0.2, 0.25) is 0 Å². The Morgan fingerprint density at radius 3 is 2.35 bits per heavy atom. The number of aliphatic hydroxyl groups is 3. The molecule has 0 fully saturated rings. The minimum Gasteiger partial charge on any atom is -0.394 e. The Morgan fingerprint density at radius 1 is 1.24 bits per heavy atom. The van der Waals surface area contributed by atoms with Gasteiger partial charge in [0.1, 0.15) is 6.10 Å². The maximum absolute atomic E-state index is 11.4. The highest BCUT2D eigenvalue weighted by molar-refractivity contribution is 4.84. The molecule has 96 valence electrons. The first-order valence-corrected chi connectivity index (χ1v) is 4.92. The standard InChI is InChI=1S/C9H14N2O6/c12-3-6(4-13)17-8(5-14)11-2-1-7(15)10-9(11)16/h1-2,6,8,12-14H,3-5H2,(H,10,15,16). The Hall–Kier alpha value is -1.48. The molecule has 8 nitrogen and oxygen atoms in total. The van der Waals surface area contributed by atoms with Crippen molar-refractivity contribution in [2.24, 2.45) is 0 Å². The average molecular weight is 246 g/mol. The molecule has 8 heteroatoms. The average Bonchev–Trinajstić information content (AvgIpc) is 2.32. The van der Waals surface area contributed by atoms with E-state index in [4.69, 9.17) is 20.1 Å². The Kier molecular flexibility index (Phi) is 5.04. The zero-order valence-corrected chi connectivity index (χ0v) is 8.94. The summed E-state index contributed by atoms with van der Waals surface area (Å²) in [7, 11) is 0. The van der Waals surface area contributed by atoms with Crippen molar-refractivity contribution in [3.05, 3.63) is 33.1 Å². The molecular formula is C9H14N2O6. The van der Waals surface area contributed by atoms with Gasteiger partial charge in [-0.1, -0.05) is 0 Å². The summed E-state index contributed by atoms with van der Waals surface area (Å²) in [6.07, 6.45) is -0.831. The molecular weight excluding hydrogens is 232 g/mol. The van der Waals surface area contributed by atoms with E-state index in [2.05, 4.69) is 0 Å². The van der Waals surface area contributed by atoms with Gasteiger partial charge in [-0.3, -0.25) is 14.3 Å². The second kappa shape index (κ2) is 6.30. The van der Waals surface area contributed by atoms with Crippen LogP contribution in [0.15, 0.2) is 21.9 Å². The fourth-order valence-electron chi connectivity index (χ4n) is 1.22. The molecule has 1 aromatic heterocycles. The maximum atomic E-state index is 11.4. The molecule has 0 aliphatic heterocycles. The van der Waals surface area contributed by atoms with Gasteiger partial charge in [0.25, 0.3) is 5.56 Å². The van der Waals surface area contributed by atoms with Crippen molar-refractivity contribution in [3.63, 3.8) is 0 Å². The smallest absolute Gasteiger partial charge is 0.330 e. The van der Waals surface area contributed by atoms with Crippen LogP contribution in [-0.4, -0.2) is 50.8 Å². The van der Waals surface area contributed by atoms with Crippen LogP contribution >= 0.6 is 0 Å². The first-order valence-electron chi connectivity index (χ1n) is 4.92. The number of aromatic amines is 1. The summed E-state index contributed by atoms with van der Waals surface area (Å²) in [6, 6.07) is 1.10. The second-order valence-corrected chi connectivity index (χ2v) is 3.28. The van der Waals surface area contributed by atoms with E-state index in [1.807, 2.05) is 4.98 Å². The topological polar surface area (TPSA) is 125 Å². The van der Waals surface area contributed by atoms with Gasteiger partial charge in [-0.15, -0.1) is 0 Å². The number of aromatic nitrogens is 2. The van der Waals surface area contributed by atoms with Crippen molar-refractivity contribution in [1.29, 1.82) is 0 Å². The molecule has 0 aliphatic rings. The van der Waals surface area contributed by atoms with E-state index in [1.165, 1.54) is 0 Å². The van der Waals surface area contributed by atoms with Crippen LogP contribution in [0.4, 0.5) is 0 Å². The van der Waals surface area contributed by atoms with E-state index in [0.29, 0.717) is 0 Å². The lowest BCUT2D eigenvalue weighted by atomic mass is 10.4. The Bertz CT molecular complexity index is 449. The number of nitrogens with one attached hydrogen (secondary N) is 1. The van der Waals surface area contributed by atoms with Gasteiger partial charge in [-0.05, 0) is 0 Å². The molecule has 1 unspecified atom stereocenters. The van der Waals surface area contributed by atoms with E-state index in [1.54, 1.807) is 0 Å². The molecule has 1 rings (SSSR count). The first-order chi connectivity index (χ1) is 8.12. The van der Waals surface area contributed by atoms with Gasteiger partial charge in [-0.2, -0.15) is 0 Å². The predicted octanol–water partition coefficient (Wildman–Crippen LogP) is -2.60. The van der Waals surface area contributed by atoms with Crippen LogP contribution in [0.3, 0.4) is 0 Å². The van der Waals surface area contributed by atoms with Crippen LogP contribution in [0.2, 0.25) is 0 Å². The molecule has 0 radical (unpaired) electrons. The van der Waals surface area contributed by atoms with Gasteiger partial charge in [0.05, 0.1) is 19.8 Å². The second-order valence-electron chi connectivity index (χ2n) is 3.28. The Balaban J connectivity index is 2.93. The summed E-state index contributed by atoms with van der Waals surface area (Å²) in [4.78, 5) is 24.2. The highest BCUT2D eigenvalue weighted by Crippen LogP contribution is 2.07. The molecule has 1 atom stereocenters. The highest BCUT2D eigenvalue weighted by atomic mass is 16.5. The van der Waals surface area contributed by atoms with E-state index < -0.39 is 43.4 Å². The third kappa shape index (κ3) is 3.49. The summed E-state index contributed by atoms with van der Waals surface area (Å²) in [6.45, 7) is -1.45. The largest absolute Gasteiger partial charge is 0.394 e. The van der Waals surface area contributed by atoms with Crippen molar-refractivity contribution in [3.8, 4) is 0 Å².